The van der Waals surface area contributed by atoms with E-state index in [9.17, 15) is 4.39 Å². The number of hydrogen-bond acceptors (Lipinski definition) is 2. The fraction of sp³-hybridized carbons (Fsp3) is 0.500. The molecule has 82 valence electrons. The van der Waals surface area contributed by atoms with Crippen molar-refractivity contribution in [3.8, 4) is 5.75 Å². The Kier molecular flexibility index (Phi) is 2.91. The topological polar surface area (TPSA) is 21.3 Å². The molecule has 0 unspecified atom stereocenters. The third-order valence-corrected chi connectivity index (χ3v) is 3.07. The second-order valence-corrected chi connectivity index (χ2v) is 4.09. The first-order valence-corrected chi connectivity index (χ1v) is 5.29. The highest BCUT2D eigenvalue weighted by molar-refractivity contribution is 5.31. The van der Waals surface area contributed by atoms with Crippen LogP contribution in [0.1, 0.15) is 24.9 Å². The fourth-order valence-corrected chi connectivity index (χ4v) is 2.16. The summed E-state index contributed by atoms with van der Waals surface area (Å²) in [6.07, 6.45) is 1.15. The van der Waals surface area contributed by atoms with Crippen LogP contribution in [0.15, 0.2) is 18.2 Å². The first-order chi connectivity index (χ1) is 7.22. The van der Waals surface area contributed by atoms with Gasteiger partial charge in [0, 0.05) is 6.04 Å². The predicted molar refractivity (Wildman–Crippen MR) is 57.5 cm³/mol. The van der Waals surface area contributed by atoms with Crippen LogP contribution in [0, 0.1) is 11.7 Å². The molecule has 1 saturated heterocycles. The van der Waals surface area contributed by atoms with Gasteiger partial charge >= 0.3 is 0 Å². The largest absolute Gasteiger partial charge is 0.494 e. The van der Waals surface area contributed by atoms with E-state index in [1.54, 1.807) is 12.1 Å². The van der Waals surface area contributed by atoms with Crippen molar-refractivity contribution in [2.75, 3.05) is 13.7 Å². The van der Waals surface area contributed by atoms with Crippen LogP contribution in [0.3, 0.4) is 0 Å². The lowest BCUT2D eigenvalue weighted by molar-refractivity contribution is 0.385. The lowest BCUT2D eigenvalue weighted by atomic mass is 9.96. The van der Waals surface area contributed by atoms with E-state index in [4.69, 9.17) is 4.74 Å². The zero-order valence-corrected chi connectivity index (χ0v) is 9.09. The quantitative estimate of drug-likeness (QED) is 0.808. The third kappa shape index (κ3) is 1.97. The molecule has 2 atom stereocenters. The molecule has 1 heterocycles. The molecule has 0 bridgehead atoms. The van der Waals surface area contributed by atoms with Gasteiger partial charge in [0.15, 0.2) is 11.6 Å². The predicted octanol–water partition coefficient (Wildman–Crippen LogP) is 2.50. The molecule has 1 aromatic carbocycles. The van der Waals surface area contributed by atoms with Gasteiger partial charge < -0.3 is 10.1 Å². The van der Waals surface area contributed by atoms with Crippen LogP contribution in [0.25, 0.3) is 0 Å². The Morgan fingerprint density at radius 3 is 2.80 bits per heavy atom. The van der Waals surface area contributed by atoms with Gasteiger partial charge in [-0.3, -0.25) is 0 Å². The van der Waals surface area contributed by atoms with Crippen LogP contribution in [0.5, 0.6) is 5.75 Å². The van der Waals surface area contributed by atoms with Gasteiger partial charge in [0.05, 0.1) is 7.11 Å². The van der Waals surface area contributed by atoms with Crippen molar-refractivity contribution in [1.82, 2.24) is 5.32 Å². The fourth-order valence-electron chi connectivity index (χ4n) is 2.16. The maximum absolute atomic E-state index is 13.5. The molecule has 0 amide bonds. The summed E-state index contributed by atoms with van der Waals surface area (Å²) in [5, 5.41) is 3.38. The molecule has 0 aliphatic carbocycles. The highest BCUT2D eigenvalue weighted by Gasteiger charge is 2.24. The van der Waals surface area contributed by atoms with Crippen molar-refractivity contribution >= 4 is 0 Å². The van der Waals surface area contributed by atoms with Crippen molar-refractivity contribution in [1.29, 1.82) is 0 Å². The molecule has 1 N–H and O–H groups in total. The van der Waals surface area contributed by atoms with E-state index in [0.29, 0.717) is 11.7 Å². The Labute approximate surface area is 89.4 Å². The Balaban J connectivity index is 2.25. The highest BCUT2D eigenvalue weighted by Crippen LogP contribution is 2.31. The summed E-state index contributed by atoms with van der Waals surface area (Å²) in [5.41, 5.74) is 1.01. The molecule has 0 aromatic heterocycles. The van der Waals surface area contributed by atoms with E-state index >= 15 is 0 Å². The van der Waals surface area contributed by atoms with Crippen molar-refractivity contribution in [3.05, 3.63) is 29.6 Å². The molecule has 0 radical (unpaired) electrons. The lowest BCUT2D eigenvalue weighted by Crippen LogP contribution is -2.16. The highest BCUT2D eigenvalue weighted by atomic mass is 19.1. The second kappa shape index (κ2) is 4.19. The van der Waals surface area contributed by atoms with Crippen molar-refractivity contribution < 1.29 is 9.13 Å². The van der Waals surface area contributed by atoms with Gasteiger partial charge in [0.2, 0.25) is 0 Å². The van der Waals surface area contributed by atoms with E-state index in [0.717, 1.165) is 18.5 Å². The minimum Gasteiger partial charge on any atom is -0.494 e. The zero-order valence-electron chi connectivity index (χ0n) is 9.09. The third-order valence-electron chi connectivity index (χ3n) is 3.07. The maximum Gasteiger partial charge on any atom is 0.165 e. The molecule has 2 nitrogen and oxygen atoms in total. The number of methoxy groups -OCH3 is 1. The van der Waals surface area contributed by atoms with Gasteiger partial charge in [-0.25, -0.2) is 4.39 Å². The van der Waals surface area contributed by atoms with Crippen LogP contribution in [0.4, 0.5) is 4.39 Å². The average Bonchev–Trinajstić information content (AvgIpc) is 2.64. The smallest absolute Gasteiger partial charge is 0.165 e. The van der Waals surface area contributed by atoms with E-state index in [2.05, 4.69) is 12.2 Å². The Morgan fingerprint density at radius 1 is 1.47 bits per heavy atom. The minimum atomic E-state index is -0.282. The Morgan fingerprint density at radius 2 is 2.27 bits per heavy atom. The summed E-state index contributed by atoms with van der Waals surface area (Å²) in [6.45, 7) is 3.20. The van der Waals surface area contributed by atoms with Crippen molar-refractivity contribution in [2.45, 2.75) is 19.4 Å². The SMILES string of the molecule is COc1ccc([C@H]2NCC[C@@H]2C)cc1F. The van der Waals surface area contributed by atoms with Crippen molar-refractivity contribution in [3.63, 3.8) is 0 Å². The average molecular weight is 209 g/mol. The minimum absolute atomic E-state index is 0.282. The van der Waals surface area contributed by atoms with Gasteiger partial charge in [0.25, 0.3) is 0 Å². The molecule has 0 spiro atoms. The molecule has 15 heavy (non-hydrogen) atoms. The number of benzene rings is 1. The summed E-state index contributed by atoms with van der Waals surface area (Å²) in [5.74, 6) is 0.595. The molecular weight excluding hydrogens is 193 g/mol. The molecule has 1 aliphatic rings. The summed E-state index contributed by atoms with van der Waals surface area (Å²) >= 11 is 0. The van der Waals surface area contributed by atoms with Crippen LogP contribution >= 0.6 is 0 Å². The summed E-state index contributed by atoms with van der Waals surface area (Å²) in [6, 6.07) is 5.47. The van der Waals surface area contributed by atoms with E-state index in [1.165, 1.54) is 7.11 Å². The van der Waals surface area contributed by atoms with Gasteiger partial charge in [-0.15, -0.1) is 0 Å². The van der Waals surface area contributed by atoms with E-state index < -0.39 is 0 Å². The van der Waals surface area contributed by atoms with Gasteiger partial charge in [-0.2, -0.15) is 0 Å². The van der Waals surface area contributed by atoms with E-state index in [1.807, 2.05) is 6.07 Å². The molecule has 1 aliphatic heterocycles. The van der Waals surface area contributed by atoms with Gasteiger partial charge in [-0.1, -0.05) is 13.0 Å². The Hall–Kier alpha value is -1.09. The van der Waals surface area contributed by atoms with Crippen molar-refractivity contribution in [2.24, 2.45) is 5.92 Å². The number of rotatable bonds is 2. The molecule has 1 aromatic rings. The number of nitrogens with one attached hydrogen (secondary N) is 1. The molecule has 1 fully saturated rings. The normalized spacial score (nSPS) is 25.5. The second-order valence-electron chi connectivity index (χ2n) is 4.09. The lowest BCUT2D eigenvalue weighted by Gasteiger charge is -2.16. The monoisotopic (exact) mass is 209 g/mol. The maximum atomic E-state index is 13.5. The molecule has 0 saturated carbocycles. The molecule has 2 rings (SSSR count). The van der Waals surface area contributed by atoms with Crippen LogP contribution in [0.2, 0.25) is 0 Å². The van der Waals surface area contributed by atoms with Crippen LogP contribution in [-0.4, -0.2) is 13.7 Å². The Bertz CT molecular complexity index is 353. The molecular formula is C12H16FNO. The molecule has 3 heteroatoms. The number of ether oxygens (including phenoxy) is 1. The van der Waals surface area contributed by atoms with Gasteiger partial charge in [0.1, 0.15) is 0 Å². The first-order valence-electron chi connectivity index (χ1n) is 5.29. The van der Waals surface area contributed by atoms with Crippen LogP contribution in [-0.2, 0) is 0 Å². The summed E-state index contributed by atoms with van der Waals surface area (Å²) < 4.78 is 18.4. The number of halogens is 1. The first kappa shape index (κ1) is 10.4. The zero-order chi connectivity index (χ0) is 10.8. The number of hydrogen-bond donors (Lipinski definition) is 1. The van der Waals surface area contributed by atoms with Crippen LogP contribution < -0.4 is 10.1 Å². The van der Waals surface area contributed by atoms with E-state index in [-0.39, 0.29) is 11.9 Å². The standard InChI is InChI=1S/C12H16FNO/c1-8-5-6-14-12(8)9-3-4-11(15-2)10(13)7-9/h3-4,7-8,12,14H,5-6H2,1-2H3/t8-,12-/m0/s1. The van der Waals surface area contributed by atoms with Gasteiger partial charge in [-0.05, 0) is 36.6 Å². The summed E-state index contributed by atoms with van der Waals surface area (Å²) in [7, 11) is 1.48. The summed E-state index contributed by atoms with van der Waals surface area (Å²) in [4.78, 5) is 0.